The van der Waals surface area contributed by atoms with Crippen LogP contribution in [0.15, 0.2) is 55.1 Å². The van der Waals surface area contributed by atoms with Crippen LogP contribution < -0.4 is 25.9 Å². The summed E-state index contributed by atoms with van der Waals surface area (Å²) in [5, 5.41) is 23.6. The number of carboxylic acid groups (broad SMARTS) is 1. The molecule has 10 nitrogen and oxygen atoms in total. The second-order valence-electron chi connectivity index (χ2n) is 11.3. The van der Waals surface area contributed by atoms with Crippen LogP contribution >= 0.6 is 0 Å². The first-order chi connectivity index (χ1) is 22.4. The van der Waals surface area contributed by atoms with Crippen molar-refractivity contribution in [1.82, 2.24) is 9.78 Å². The summed E-state index contributed by atoms with van der Waals surface area (Å²) < 4.78 is 12.1. The first kappa shape index (κ1) is 33.8. The first-order valence-electron chi connectivity index (χ1n) is 16.0. The molecular weight excluding hydrogens is 582 g/mol. The van der Waals surface area contributed by atoms with Crippen LogP contribution in [0.3, 0.4) is 0 Å². The van der Waals surface area contributed by atoms with Crippen LogP contribution in [0.4, 0.5) is 17.2 Å². The molecule has 2 heterocycles. The molecule has 1 aromatic heterocycles. The highest BCUT2D eigenvalue weighted by Crippen LogP contribution is 2.35. The number of benzene rings is 2. The van der Waals surface area contributed by atoms with Crippen LogP contribution in [0.1, 0.15) is 69.4 Å². The minimum Gasteiger partial charge on any atom is -0.494 e. The molecule has 0 radical (unpaired) electrons. The molecule has 0 fully saturated rings. The van der Waals surface area contributed by atoms with E-state index in [0.29, 0.717) is 0 Å². The number of rotatable bonds is 17. The standard InChI is InChI=1S/C36H43N5O5/c1-3-5-6-7-8-9-10-11-21-45-29-15-13-28(14-16-29)40-19-18-27-22-26(12-17-32(27)40)23-30-34(31(24-37)36(44)46-20-4-2)41(25-33(42)43)39-35(30)38/h4,12-17,22-23H,2-3,5-11,18-21,25H2,1H3,(H2,38,39)(H,42,43)/b30-23-,34-31-. The zero-order valence-corrected chi connectivity index (χ0v) is 26.5. The molecule has 46 heavy (non-hydrogen) atoms. The largest absolute Gasteiger partial charge is 0.494 e. The van der Waals surface area contributed by atoms with Gasteiger partial charge in [-0.3, -0.25) is 4.79 Å². The van der Waals surface area contributed by atoms with Crippen LogP contribution in [0, 0.1) is 11.3 Å². The summed E-state index contributed by atoms with van der Waals surface area (Å²) in [4.78, 5) is 26.4. The normalized spacial score (nSPS) is 13.2. The molecule has 242 valence electrons. The van der Waals surface area contributed by atoms with Crippen LogP contribution in [-0.2, 0) is 27.3 Å². The molecule has 1 aliphatic rings. The second kappa shape index (κ2) is 16.9. The number of nitriles is 1. The Labute approximate surface area is 270 Å². The molecule has 0 unspecified atom stereocenters. The molecule has 0 aliphatic carbocycles. The van der Waals surface area contributed by atoms with Crippen LogP contribution in [-0.4, -0.2) is 46.6 Å². The Morgan fingerprint density at radius 2 is 1.80 bits per heavy atom. The fraction of sp³-hybridized carbons (Fsp3) is 0.389. The van der Waals surface area contributed by atoms with Gasteiger partial charge in [0.25, 0.3) is 0 Å². The number of aliphatic carboxylic acids is 1. The zero-order valence-electron chi connectivity index (χ0n) is 26.5. The predicted octanol–water partition coefficient (Wildman–Crippen LogP) is 5.00. The van der Waals surface area contributed by atoms with Gasteiger partial charge >= 0.3 is 11.9 Å². The maximum atomic E-state index is 12.7. The fourth-order valence-corrected chi connectivity index (χ4v) is 5.64. The maximum absolute atomic E-state index is 12.7. The zero-order chi connectivity index (χ0) is 32.9. The van der Waals surface area contributed by atoms with Gasteiger partial charge in [-0.15, -0.1) is 0 Å². The summed E-state index contributed by atoms with van der Waals surface area (Å²) >= 11 is 0. The fourth-order valence-electron chi connectivity index (χ4n) is 5.64. The molecule has 3 N–H and O–H groups in total. The summed E-state index contributed by atoms with van der Waals surface area (Å²) in [6, 6.07) is 16.0. The molecule has 2 aromatic carbocycles. The number of fused-ring (bicyclic) bond motifs is 1. The average molecular weight is 626 g/mol. The third-order valence-corrected chi connectivity index (χ3v) is 7.91. The molecule has 0 saturated carbocycles. The van der Waals surface area contributed by atoms with E-state index in [1.165, 1.54) is 51.0 Å². The molecule has 0 atom stereocenters. The van der Waals surface area contributed by atoms with Gasteiger partial charge in [0.2, 0.25) is 0 Å². The van der Waals surface area contributed by atoms with Crippen LogP contribution in [0.5, 0.6) is 5.75 Å². The van der Waals surface area contributed by atoms with Gasteiger partial charge in [-0.05, 0) is 66.4 Å². The highest BCUT2D eigenvalue weighted by atomic mass is 16.5. The number of unbranched alkanes of at least 4 members (excludes halogenated alkanes) is 7. The minimum atomic E-state index is -1.20. The number of carbonyl (C=O) groups is 2. The summed E-state index contributed by atoms with van der Waals surface area (Å²) in [7, 11) is 0. The Bertz CT molecular complexity index is 1690. The van der Waals surface area contributed by atoms with Crippen molar-refractivity contribution in [2.75, 3.05) is 30.4 Å². The lowest BCUT2D eigenvalue weighted by atomic mass is 10.1. The number of nitrogens with zero attached hydrogens (tertiary/aromatic N) is 4. The Morgan fingerprint density at radius 1 is 1.09 bits per heavy atom. The van der Waals surface area contributed by atoms with Crippen molar-refractivity contribution < 1.29 is 24.2 Å². The van der Waals surface area contributed by atoms with Gasteiger partial charge in [-0.2, -0.15) is 10.4 Å². The van der Waals surface area contributed by atoms with E-state index in [4.69, 9.17) is 15.2 Å². The lowest BCUT2D eigenvalue weighted by Crippen LogP contribution is -2.36. The first-order valence-corrected chi connectivity index (χ1v) is 16.0. The van der Waals surface area contributed by atoms with Crippen molar-refractivity contribution in [1.29, 1.82) is 5.26 Å². The van der Waals surface area contributed by atoms with E-state index in [0.717, 1.165) is 58.9 Å². The Hall–Kier alpha value is -5.04. The van der Waals surface area contributed by atoms with Crippen LogP contribution in [0.25, 0.3) is 11.6 Å². The van der Waals surface area contributed by atoms with Gasteiger partial charge in [0.15, 0.2) is 11.4 Å². The highest BCUT2D eigenvalue weighted by Gasteiger charge is 2.22. The number of anilines is 3. The number of esters is 1. The lowest BCUT2D eigenvalue weighted by Gasteiger charge is -2.20. The molecule has 1 aliphatic heterocycles. The molecule has 0 spiro atoms. The Morgan fingerprint density at radius 3 is 2.48 bits per heavy atom. The Kier molecular flexibility index (Phi) is 12.4. The lowest BCUT2D eigenvalue weighted by molar-refractivity contribution is -0.138. The van der Waals surface area contributed by atoms with Gasteiger partial charge in [0.1, 0.15) is 25.0 Å². The maximum Gasteiger partial charge on any atom is 0.351 e. The minimum absolute atomic E-state index is 0.00707. The van der Waals surface area contributed by atoms with Crippen molar-refractivity contribution in [3.05, 3.63) is 76.8 Å². The number of nitrogens with two attached hydrogens (primary N) is 1. The molecule has 4 rings (SSSR count). The number of nitrogen functional groups attached to an aromatic ring is 1. The number of carboxylic acids is 1. The van der Waals surface area contributed by atoms with Gasteiger partial charge in [-0.25, -0.2) is 9.48 Å². The molecular formula is C36H43N5O5. The van der Waals surface area contributed by atoms with E-state index in [1.54, 1.807) is 6.08 Å². The SMILES string of the molecule is C=CCOC(=O)/C(C#N)=c1/c(=C/c2ccc3c(c2)CCN3c2ccc(OCCCCCCCCCC)cc2)c(N)nn1CC(=O)O. The summed E-state index contributed by atoms with van der Waals surface area (Å²) in [5.74, 6) is -1.26. The second-order valence-corrected chi connectivity index (χ2v) is 11.3. The van der Waals surface area contributed by atoms with Crippen molar-refractivity contribution in [2.24, 2.45) is 0 Å². The van der Waals surface area contributed by atoms with E-state index in [9.17, 15) is 20.0 Å². The van der Waals surface area contributed by atoms with Crippen LogP contribution in [0.2, 0.25) is 0 Å². The van der Waals surface area contributed by atoms with E-state index in [-0.39, 0.29) is 23.0 Å². The van der Waals surface area contributed by atoms with Crippen molar-refractivity contribution in [2.45, 2.75) is 71.3 Å². The molecule has 0 amide bonds. The quantitative estimate of drug-likeness (QED) is 0.120. The molecule has 10 heteroatoms. The van der Waals surface area contributed by atoms with Gasteiger partial charge in [0.05, 0.1) is 12.0 Å². The topological polar surface area (TPSA) is 144 Å². The predicted molar refractivity (Wildman–Crippen MR) is 179 cm³/mol. The van der Waals surface area contributed by atoms with Gasteiger partial charge < -0.3 is 25.2 Å². The number of ether oxygens (including phenoxy) is 2. The van der Waals surface area contributed by atoms with E-state index >= 15 is 0 Å². The van der Waals surface area contributed by atoms with Gasteiger partial charge in [-0.1, -0.05) is 70.6 Å². The third kappa shape index (κ3) is 8.78. The number of carbonyl (C=O) groups excluding carboxylic acids is 1. The smallest absolute Gasteiger partial charge is 0.351 e. The summed E-state index contributed by atoms with van der Waals surface area (Å²) in [6.45, 7) is 6.59. The summed E-state index contributed by atoms with van der Waals surface area (Å²) in [6.07, 6.45) is 14.0. The molecule has 0 saturated heterocycles. The number of aromatic nitrogens is 2. The van der Waals surface area contributed by atoms with Crippen molar-refractivity contribution in [3.8, 4) is 11.8 Å². The number of hydrogen-bond donors (Lipinski definition) is 2. The molecule has 3 aromatic rings. The average Bonchev–Trinajstić information content (AvgIpc) is 3.59. The third-order valence-electron chi connectivity index (χ3n) is 7.91. The van der Waals surface area contributed by atoms with Crippen molar-refractivity contribution in [3.63, 3.8) is 0 Å². The van der Waals surface area contributed by atoms with E-state index < -0.39 is 24.1 Å². The van der Waals surface area contributed by atoms with Gasteiger partial charge in [0, 0.05) is 23.1 Å². The Balaban J connectivity index is 1.49. The summed E-state index contributed by atoms with van der Waals surface area (Å²) in [5.41, 5.74) is 9.84. The van der Waals surface area contributed by atoms with E-state index in [2.05, 4.69) is 35.6 Å². The molecule has 0 bridgehead atoms. The monoisotopic (exact) mass is 625 g/mol. The van der Waals surface area contributed by atoms with E-state index in [1.807, 2.05) is 36.4 Å². The highest BCUT2D eigenvalue weighted by molar-refractivity contribution is 6.15. The number of hydrogen-bond acceptors (Lipinski definition) is 8. The van der Waals surface area contributed by atoms with Crippen molar-refractivity contribution >= 4 is 40.8 Å².